The smallest absolute Gasteiger partial charge is 0.223 e. The standard InChI is InChI=1S/C19H25FN2O/c20-17-3-1-2-15(10-17)18-12-21-6-7-22(18)19(23)11-16-9-13-4-5-14(16)8-13/h1-3,10,13-14,16,18,21H,4-9,11-12H2. The van der Waals surface area contributed by atoms with E-state index in [1.807, 2.05) is 11.0 Å². The van der Waals surface area contributed by atoms with Gasteiger partial charge in [-0.05, 0) is 54.7 Å². The van der Waals surface area contributed by atoms with Crippen molar-refractivity contribution in [2.45, 2.75) is 38.1 Å². The minimum atomic E-state index is -0.228. The van der Waals surface area contributed by atoms with Crippen molar-refractivity contribution in [3.05, 3.63) is 35.6 Å². The highest BCUT2D eigenvalue weighted by Gasteiger charge is 2.41. The summed E-state index contributed by atoms with van der Waals surface area (Å²) in [6.07, 6.45) is 5.96. The Morgan fingerprint density at radius 2 is 2.22 bits per heavy atom. The van der Waals surface area contributed by atoms with Gasteiger partial charge in [0.2, 0.25) is 5.91 Å². The highest BCUT2D eigenvalue weighted by Crippen LogP contribution is 2.49. The van der Waals surface area contributed by atoms with E-state index in [9.17, 15) is 9.18 Å². The first-order chi connectivity index (χ1) is 11.2. The van der Waals surface area contributed by atoms with Crippen molar-refractivity contribution in [3.63, 3.8) is 0 Å². The molecule has 4 atom stereocenters. The first-order valence-corrected chi connectivity index (χ1v) is 8.96. The number of fused-ring (bicyclic) bond motifs is 2. The van der Waals surface area contributed by atoms with Crippen LogP contribution in [0.4, 0.5) is 4.39 Å². The minimum absolute atomic E-state index is 0.0365. The molecule has 124 valence electrons. The molecule has 4 heteroatoms. The van der Waals surface area contributed by atoms with Gasteiger partial charge in [-0.15, -0.1) is 0 Å². The fourth-order valence-corrected chi connectivity index (χ4v) is 4.98. The molecule has 1 N–H and O–H groups in total. The number of amides is 1. The summed E-state index contributed by atoms with van der Waals surface area (Å²) in [5, 5.41) is 3.34. The quantitative estimate of drug-likeness (QED) is 0.929. The van der Waals surface area contributed by atoms with E-state index < -0.39 is 0 Å². The normalized spacial score (nSPS) is 33.2. The van der Waals surface area contributed by atoms with Crippen LogP contribution in [0.5, 0.6) is 0 Å². The number of carbonyl (C=O) groups is 1. The molecule has 0 radical (unpaired) electrons. The van der Waals surface area contributed by atoms with Gasteiger partial charge in [0.05, 0.1) is 6.04 Å². The lowest BCUT2D eigenvalue weighted by Crippen LogP contribution is -2.49. The summed E-state index contributed by atoms with van der Waals surface area (Å²) in [5.74, 6) is 2.27. The van der Waals surface area contributed by atoms with Crippen LogP contribution in [0.25, 0.3) is 0 Å². The zero-order chi connectivity index (χ0) is 15.8. The molecule has 1 aromatic carbocycles. The van der Waals surface area contributed by atoms with E-state index in [0.717, 1.165) is 30.5 Å². The lowest BCUT2D eigenvalue weighted by Gasteiger charge is -2.37. The van der Waals surface area contributed by atoms with Gasteiger partial charge < -0.3 is 10.2 Å². The number of piperazine rings is 1. The summed E-state index contributed by atoms with van der Waals surface area (Å²) in [4.78, 5) is 14.9. The minimum Gasteiger partial charge on any atom is -0.333 e. The van der Waals surface area contributed by atoms with Gasteiger partial charge in [0, 0.05) is 26.1 Å². The first-order valence-electron chi connectivity index (χ1n) is 8.96. The van der Waals surface area contributed by atoms with Crippen LogP contribution in [-0.2, 0) is 4.79 Å². The van der Waals surface area contributed by atoms with Gasteiger partial charge in [-0.25, -0.2) is 4.39 Å². The van der Waals surface area contributed by atoms with E-state index in [2.05, 4.69) is 5.32 Å². The zero-order valence-corrected chi connectivity index (χ0v) is 13.5. The van der Waals surface area contributed by atoms with E-state index in [1.54, 1.807) is 12.1 Å². The van der Waals surface area contributed by atoms with Crippen LogP contribution in [0.1, 0.15) is 43.7 Å². The number of carbonyl (C=O) groups excluding carboxylic acids is 1. The van der Waals surface area contributed by atoms with Crippen molar-refractivity contribution in [3.8, 4) is 0 Å². The molecule has 1 aliphatic heterocycles. The molecule has 2 bridgehead atoms. The van der Waals surface area contributed by atoms with Crippen molar-refractivity contribution in [1.82, 2.24) is 10.2 Å². The van der Waals surface area contributed by atoms with Crippen LogP contribution in [0, 0.1) is 23.6 Å². The van der Waals surface area contributed by atoms with Gasteiger partial charge in [-0.2, -0.15) is 0 Å². The second-order valence-corrected chi connectivity index (χ2v) is 7.50. The average Bonchev–Trinajstić information content (AvgIpc) is 3.17. The summed E-state index contributed by atoms with van der Waals surface area (Å²) < 4.78 is 13.6. The maximum atomic E-state index is 13.6. The van der Waals surface area contributed by atoms with Gasteiger partial charge in [0.1, 0.15) is 5.82 Å². The summed E-state index contributed by atoms with van der Waals surface area (Å²) in [7, 11) is 0. The fourth-order valence-electron chi connectivity index (χ4n) is 4.98. The molecule has 3 fully saturated rings. The topological polar surface area (TPSA) is 32.3 Å². The Morgan fingerprint density at radius 3 is 2.96 bits per heavy atom. The lowest BCUT2D eigenvalue weighted by atomic mass is 9.86. The molecule has 0 spiro atoms. The van der Waals surface area contributed by atoms with Gasteiger partial charge in [0.15, 0.2) is 0 Å². The zero-order valence-electron chi connectivity index (χ0n) is 13.5. The fraction of sp³-hybridized carbons (Fsp3) is 0.632. The summed E-state index contributed by atoms with van der Waals surface area (Å²) in [6.45, 7) is 2.26. The van der Waals surface area contributed by atoms with Gasteiger partial charge >= 0.3 is 0 Å². The second kappa shape index (κ2) is 6.23. The molecule has 2 aliphatic carbocycles. The highest BCUT2D eigenvalue weighted by molar-refractivity contribution is 5.77. The molecular weight excluding hydrogens is 291 g/mol. The van der Waals surface area contributed by atoms with Crippen molar-refractivity contribution in [1.29, 1.82) is 0 Å². The predicted molar refractivity (Wildman–Crippen MR) is 87.3 cm³/mol. The van der Waals surface area contributed by atoms with E-state index >= 15 is 0 Å². The monoisotopic (exact) mass is 316 g/mol. The largest absolute Gasteiger partial charge is 0.333 e. The Hall–Kier alpha value is -1.42. The molecule has 1 saturated heterocycles. The Balaban J connectivity index is 1.47. The van der Waals surface area contributed by atoms with Crippen LogP contribution >= 0.6 is 0 Å². The van der Waals surface area contributed by atoms with E-state index in [0.29, 0.717) is 18.9 Å². The molecule has 1 aromatic rings. The first kappa shape index (κ1) is 15.1. The molecular formula is C19H25FN2O. The Morgan fingerprint density at radius 1 is 1.30 bits per heavy atom. The van der Waals surface area contributed by atoms with Crippen LogP contribution < -0.4 is 5.32 Å². The molecule has 4 rings (SSSR count). The van der Waals surface area contributed by atoms with Crippen LogP contribution in [0.2, 0.25) is 0 Å². The summed E-state index contributed by atoms with van der Waals surface area (Å²) in [6, 6.07) is 6.65. The predicted octanol–water partition coefficient (Wildman–Crippen LogP) is 3.12. The van der Waals surface area contributed by atoms with Crippen LogP contribution in [0.15, 0.2) is 24.3 Å². The van der Waals surface area contributed by atoms with Crippen molar-refractivity contribution < 1.29 is 9.18 Å². The number of rotatable bonds is 3. The third-order valence-corrected chi connectivity index (χ3v) is 6.12. The second-order valence-electron chi connectivity index (χ2n) is 7.50. The average molecular weight is 316 g/mol. The molecule has 23 heavy (non-hydrogen) atoms. The van der Waals surface area contributed by atoms with Crippen molar-refractivity contribution in [2.24, 2.45) is 17.8 Å². The number of nitrogens with zero attached hydrogens (tertiary/aromatic N) is 1. The Bertz CT molecular complexity index is 590. The van der Waals surface area contributed by atoms with E-state index in [-0.39, 0.29) is 17.8 Å². The van der Waals surface area contributed by atoms with Crippen molar-refractivity contribution >= 4 is 5.91 Å². The Kier molecular flexibility index (Phi) is 4.10. The summed E-state index contributed by atoms with van der Waals surface area (Å²) in [5.41, 5.74) is 0.901. The number of nitrogens with one attached hydrogen (secondary N) is 1. The number of halogens is 1. The maximum absolute atomic E-state index is 13.6. The third-order valence-electron chi connectivity index (χ3n) is 6.12. The number of benzene rings is 1. The molecule has 3 aliphatic rings. The SMILES string of the molecule is O=C(CC1CC2CCC1C2)N1CCNCC1c1cccc(F)c1. The Labute approximate surface area is 137 Å². The maximum Gasteiger partial charge on any atom is 0.223 e. The summed E-state index contributed by atoms with van der Waals surface area (Å²) >= 11 is 0. The van der Waals surface area contributed by atoms with E-state index in [4.69, 9.17) is 0 Å². The molecule has 1 heterocycles. The van der Waals surface area contributed by atoms with Gasteiger partial charge in [0.25, 0.3) is 0 Å². The lowest BCUT2D eigenvalue weighted by molar-refractivity contribution is -0.136. The van der Waals surface area contributed by atoms with Crippen molar-refractivity contribution in [2.75, 3.05) is 19.6 Å². The van der Waals surface area contributed by atoms with Gasteiger partial charge in [-0.1, -0.05) is 18.6 Å². The number of hydrogen-bond donors (Lipinski definition) is 1. The van der Waals surface area contributed by atoms with Gasteiger partial charge in [-0.3, -0.25) is 4.79 Å². The third kappa shape index (κ3) is 3.01. The molecule has 0 aromatic heterocycles. The highest BCUT2D eigenvalue weighted by atomic mass is 19.1. The number of hydrogen-bond acceptors (Lipinski definition) is 2. The van der Waals surface area contributed by atoms with E-state index in [1.165, 1.54) is 31.7 Å². The molecule has 1 amide bonds. The van der Waals surface area contributed by atoms with Crippen LogP contribution in [0.3, 0.4) is 0 Å². The molecule has 3 nitrogen and oxygen atoms in total. The molecule has 2 saturated carbocycles. The molecule has 4 unspecified atom stereocenters. The van der Waals surface area contributed by atoms with Crippen LogP contribution in [-0.4, -0.2) is 30.4 Å².